The highest BCUT2D eigenvalue weighted by Crippen LogP contribution is 2.32. The Balaban J connectivity index is 0.000000162. The Morgan fingerprint density at radius 1 is 1.14 bits per heavy atom. The molecule has 4 heteroatoms. The van der Waals surface area contributed by atoms with Crippen LogP contribution in [-0.2, 0) is 11.3 Å². The van der Waals surface area contributed by atoms with Crippen molar-refractivity contribution in [2.24, 2.45) is 0 Å². The number of rotatable bonds is 4. The fourth-order valence-electron chi connectivity index (χ4n) is 1.91. The zero-order valence-electron chi connectivity index (χ0n) is 12.6. The summed E-state index contributed by atoms with van der Waals surface area (Å²) in [5, 5.41) is 0. The van der Waals surface area contributed by atoms with Crippen LogP contribution in [0.15, 0.2) is 60.9 Å². The van der Waals surface area contributed by atoms with Crippen LogP contribution >= 0.6 is 0 Å². The summed E-state index contributed by atoms with van der Waals surface area (Å²) >= 11 is 0. The molecule has 0 unspecified atom stereocenters. The predicted molar refractivity (Wildman–Crippen MR) is 84.2 cm³/mol. The van der Waals surface area contributed by atoms with Gasteiger partial charge in [0.05, 0.1) is 20.5 Å². The van der Waals surface area contributed by atoms with Gasteiger partial charge in [0.1, 0.15) is 6.61 Å². The SMILES string of the molecule is COC=CC(=O)c1ccccc1.COc1cc2ccc1OC2. The molecule has 2 bridgehead atoms. The van der Waals surface area contributed by atoms with Crippen molar-refractivity contribution in [1.82, 2.24) is 0 Å². The lowest BCUT2D eigenvalue weighted by atomic mass is 10.1. The number of hydrogen-bond acceptors (Lipinski definition) is 4. The van der Waals surface area contributed by atoms with Crippen molar-refractivity contribution in [2.75, 3.05) is 14.2 Å². The third-order valence-electron chi connectivity index (χ3n) is 3.04. The molecule has 0 aromatic heterocycles. The topological polar surface area (TPSA) is 44.8 Å². The number of allylic oxidation sites excluding steroid dienone is 1. The van der Waals surface area contributed by atoms with Gasteiger partial charge in [-0.2, -0.15) is 0 Å². The molecule has 0 amide bonds. The Labute approximate surface area is 129 Å². The maximum absolute atomic E-state index is 11.2. The van der Waals surface area contributed by atoms with Gasteiger partial charge in [-0.15, -0.1) is 0 Å². The Bertz CT molecular complexity index is 647. The van der Waals surface area contributed by atoms with Crippen LogP contribution in [0.3, 0.4) is 0 Å². The summed E-state index contributed by atoms with van der Waals surface area (Å²) in [6.45, 7) is 0.693. The Hall–Kier alpha value is -2.75. The zero-order chi connectivity index (χ0) is 15.8. The van der Waals surface area contributed by atoms with Gasteiger partial charge < -0.3 is 14.2 Å². The first-order valence-corrected chi connectivity index (χ1v) is 6.83. The summed E-state index contributed by atoms with van der Waals surface area (Å²) in [5.41, 5.74) is 1.85. The number of hydrogen-bond donors (Lipinski definition) is 0. The predicted octanol–water partition coefficient (Wildman–Crippen LogP) is 3.62. The fraction of sp³-hybridized carbons (Fsp3) is 0.167. The average molecular weight is 298 g/mol. The van der Waals surface area contributed by atoms with E-state index in [1.807, 2.05) is 36.4 Å². The van der Waals surface area contributed by atoms with Gasteiger partial charge in [-0.05, 0) is 17.7 Å². The number of methoxy groups -OCH3 is 2. The molecular formula is C18H18O4. The van der Waals surface area contributed by atoms with Crippen LogP contribution in [-0.4, -0.2) is 20.0 Å². The van der Waals surface area contributed by atoms with Crippen molar-refractivity contribution >= 4 is 5.78 Å². The molecule has 0 spiro atoms. The third kappa shape index (κ3) is 4.12. The number of carbonyl (C=O) groups excluding carboxylic acids is 1. The molecule has 4 nitrogen and oxygen atoms in total. The van der Waals surface area contributed by atoms with Crippen LogP contribution in [0.5, 0.6) is 11.5 Å². The van der Waals surface area contributed by atoms with E-state index in [1.54, 1.807) is 19.2 Å². The molecule has 0 saturated carbocycles. The average Bonchev–Trinajstić information content (AvgIpc) is 2.61. The third-order valence-corrected chi connectivity index (χ3v) is 3.04. The second kappa shape index (κ2) is 7.88. The van der Waals surface area contributed by atoms with E-state index in [4.69, 9.17) is 9.47 Å². The maximum atomic E-state index is 11.2. The molecule has 4 rings (SSSR count). The van der Waals surface area contributed by atoms with E-state index in [2.05, 4.69) is 4.74 Å². The van der Waals surface area contributed by atoms with E-state index < -0.39 is 0 Å². The Morgan fingerprint density at radius 3 is 2.36 bits per heavy atom. The van der Waals surface area contributed by atoms with Gasteiger partial charge in [-0.1, -0.05) is 36.4 Å². The van der Waals surface area contributed by atoms with E-state index in [-0.39, 0.29) is 5.78 Å². The quantitative estimate of drug-likeness (QED) is 0.491. The number of carbonyl (C=O) groups is 1. The summed E-state index contributed by atoms with van der Waals surface area (Å²) in [7, 11) is 3.16. The van der Waals surface area contributed by atoms with Crippen LogP contribution < -0.4 is 9.47 Å². The highest BCUT2D eigenvalue weighted by molar-refractivity contribution is 6.04. The molecular weight excluding hydrogens is 280 g/mol. The Kier molecular flexibility index (Phi) is 5.60. The molecule has 2 heterocycles. The molecule has 2 aromatic rings. The largest absolute Gasteiger partial charge is 0.504 e. The summed E-state index contributed by atoms with van der Waals surface area (Å²) in [6.07, 6.45) is 2.77. The van der Waals surface area contributed by atoms with Gasteiger partial charge >= 0.3 is 0 Å². The first-order chi connectivity index (χ1) is 10.7. The number of ketones is 1. The standard InChI is InChI=1S/C10H10O2.C8H8O2/c1-12-8-7-10(11)9-5-3-2-4-6-9;1-9-8-4-6-2-3-7(8)10-5-6/h2-8H,1H3;2-4H,5H2,1H3. The van der Waals surface area contributed by atoms with Gasteiger partial charge in [0.25, 0.3) is 0 Å². The van der Waals surface area contributed by atoms with Gasteiger partial charge in [0.2, 0.25) is 0 Å². The number of ether oxygens (including phenoxy) is 3. The molecule has 2 aromatic carbocycles. The van der Waals surface area contributed by atoms with Crippen LogP contribution in [0.25, 0.3) is 0 Å². The first-order valence-electron chi connectivity index (χ1n) is 6.83. The van der Waals surface area contributed by atoms with E-state index in [0.29, 0.717) is 12.2 Å². The smallest absolute Gasteiger partial charge is 0.188 e. The van der Waals surface area contributed by atoms with Crippen molar-refractivity contribution in [1.29, 1.82) is 0 Å². The summed E-state index contributed by atoms with van der Waals surface area (Å²) < 4.78 is 15.0. The van der Waals surface area contributed by atoms with E-state index >= 15 is 0 Å². The second-order valence-corrected chi connectivity index (χ2v) is 4.54. The molecule has 0 atom stereocenters. The molecule has 0 radical (unpaired) electrons. The van der Waals surface area contributed by atoms with Crippen molar-refractivity contribution in [3.8, 4) is 11.5 Å². The second-order valence-electron chi connectivity index (χ2n) is 4.54. The van der Waals surface area contributed by atoms with Gasteiger partial charge in [0.15, 0.2) is 17.3 Å². The highest BCUT2D eigenvalue weighted by Gasteiger charge is 2.11. The van der Waals surface area contributed by atoms with Crippen molar-refractivity contribution < 1.29 is 19.0 Å². The number of benzene rings is 2. The summed E-state index contributed by atoms with van der Waals surface area (Å²) in [6, 6.07) is 15.0. The lowest BCUT2D eigenvalue weighted by molar-refractivity contribution is 0.104. The molecule has 2 aliphatic rings. The minimum absolute atomic E-state index is 0.0440. The van der Waals surface area contributed by atoms with Crippen LogP contribution in [0, 0.1) is 0 Å². The van der Waals surface area contributed by atoms with Gasteiger partial charge in [-0.3, -0.25) is 4.79 Å². The molecule has 0 aliphatic carbocycles. The van der Waals surface area contributed by atoms with Gasteiger partial charge in [-0.25, -0.2) is 0 Å². The minimum atomic E-state index is -0.0440. The zero-order valence-corrected chi connectivity index (χ0v) is 12.6. The lowest BCUT2D eigenvalue weighted by Gasteiger charge is -2.17. The van der Waals surface area contributed by atoms with Gasteiger partial charge in [0, 0.05) is 11.6 Å². The molecule has 0 N–H and O–H groups in total. The summed E-state index contributed by atoms with van der Waals surface area (Å²) in [4.78, 5) is 11.2. The van der Waals surface area contributed by atoms with Crippen LogP contribution in [0.2, 0.25) is 0 Å². The summed E-state index contributed by atoms with van der Waals surface area (Å²) in [5.74, 6) is 1.64. The lowest BCUT2D eigenvalue weighted by Crippen LogP contribution is -2.03. The van der Waals surface area contributed by atoms with E-state index in [1.165, 1.54) is 25.0 Å². The monoisotopic (exact) mass is 298 g/mol. The number of fused-ring (bicyclic) bond motifs is 3. The van der Waals surface area contributed by atoms with E-state index in [9.17, 15) is 4.79 Å². The fourth-order valence-corrected chi connectivity index (χ4v) is 1.91. The minimum Gasteiger partial charge on any atom is -0.504 e. The molecule has 0 fully saturated rings. The molecule has 114 valence electrons. The maximum Gasteiger partial charge on any atom is 0.188 e. The van der Waals surface area contributed by atoms with Crippen molar-refractivity contribution in [3.63, 3.8) is 0 Å². The van der Waals surface area contributed by atoms with Crippen LogP contribution in [0.1, 0.15) is 15.9 Å². The van der Waals surface area contributed by atoms with Crippen LogP contribution in [0.4, 0.5) is 0 Å². The highest BCUT2D eigenvalue weighted by atomic mass is 16.5. The normalized spacial score (nSPS) is 11.4. The Morgan fingerprint density at radius 2 is 1.91 bits per heavy atom. The van der Waals surface area contributed by atoms with E-state index in [0.717, 1.165) is 11.5 Å². The van der Waals surface area contributed by atoms with Crippen molar-refractivity contribution in [2.45, 2.75) is 6.61 Å². The van der Waals surface area contributed by atoms with Crippen molar-refractivity contribution in [3.05, 3.63) is 72.0 Å². The molecule has 0 saturated heterocycles. The molecule has 2 aliphatic heterocycles. The first kappa shape index (κ1) is 15.6. The molecule has 22 heavy (non-hydrogen) atoms.